The number of ether oxygens (including phenoxy) is 1. The predicted molar refractivity (Wildman–Crippen MR) is 103 cm³/mol. The Morgan fingerprint density at radius 1 is 1.23 bits per heavy atom. The highest BCUT2D eigenvalue weighted by molar-refractivity contribution is 7.94. The highest BCUT2D eigenvalue weighted by Gasteiger charge is 2.19. The summed E-state index contributed by atoms with van der Waals surface area (Å²) in [4.78, 5) is 14.2. The van der Waals surface area contributed by atoms with Crippen LogP contribution in [0.15, 0.2) is 35.4 Å². The van der Waals surface area contributed by atoms with Gasteiger partial charge in [0.25, 0.3) is 0 Å². The van der Waals surface area contributed by atoms with Gasteiger partial charge < -0.3 is 26.0 Å². The third kappa shape index (κ3) is 4.98. The molecule has 0 radical (unpaired) electrons. The Labute approximate surface area is 157 Å². The maximum atomic E-state index is 5.94. The van der Waals surface area contributed by atoms with Gasteiger partial charge in [-0.3, -0.25) is 4.18 Å². The molecule has 0 aliphatic carbocycles. The van der Waals surface area contributed by atoms with E-state index in [2.05, 4.69) is 26.8 Å². The van der Waals surface area contributed by atoms with Gasteiger partial charge in [-0.25, -0.2) is 4.98 Å². The summed E-state index contributed by atoms with van der Waals surface area (Å²) >= 11 is 1.11. The lowest BCUT2D eigenvalue weighted by atomic mass is 10.2. The zero-order valence-corrected chi connectivity index (χ0v) is 15.6. The summed E-state index contributed by atoms with van der Waals surface area (Å²) in [6.45, 7) is 4.19. The molecule has 0 unspecified atom stereocenters. The molecule has 26 heavy (non-hydrogen) atoms. The van der Waals surface area contributed by atoms with Crippen molar-refractivity contribution < 1.29 is 8.92 Å². The Bertz CT molecular complexity index is 724. The van der Waals surface area contributed by atoms with Crippen LogP contribution in [0.4, 0.5) is 11.6 Å². The van der Waals surface area contributed by atoms with Crippen molar-refractivity contribution >= 4 is 23.7 Å². The van der Waals surface area contributed by atoms with Crippen molar-refractivity contribution in [3.05, 3.63) is 36.0 Å². The fourth-order valence-electron chi connectivity index (χ4n) is 2.60. The molecule has 1 saturated heterocycles. The Morgan fingerprint density at radius 3 is 2.77 bits per heavy atom. The molecule has 3 rings (SSSR count). The van der Waals surface area contributed by atoms with Crippen LogP contribution >= 0.6 is 12.0 Å². The molecule has 0 amide bonds. The van der Waals surface area contributed by atoms with Crippen LogP contribution in [-0.4, -0.2) is 54.8 Å². The molecule has 0 bridgehead atoms. The minimum absolute atomic E-state index is 0.0968. The van der Waals surface area contributed by atoms with E-state index in [9.17, 15) is 0 Å². The number of nitrogen functional groups attached to an aromatic ring is 1. The maximum Gasteiger partial charge on any atom is 0.234 e. The molecule has 1 fully saturated rings. The van der Waals surface area contributed by atoms with Crippen LogP contribution in [0.5, 0.6) is 5.88 Å². The second-order valence-electron chi connectivity index (χ2n) is 6.03. The number of aromatic nitrogens is 2. The number of hydrogen-bond donors (Lipinski definition) is 2. The van der Waals surface area contributed by atoms with Gasteiger partial charge in [0.15, 0.2) is 0 Å². The molecule has 2 heterocycles. The lowest BCUT2D eigenvalue weighted by molar-refractivity contribution is 0.281. The number of anilines is 2. The summed E-state index contributed by atoms with van der Waals surface area (Å²) in [7, 11) is 2.11. The highest BCUT2D eigenvalue weighted by Crippen LogP contribution is 2.30. The first-order valence-electron chi connectivity index (χ1n) is 8.43. The van der Waals surface area contributed by atoms with Gasteiger partial charge in [0.2, 0.25) is 11.8 Å². The molecule has 4 N–H and O–H groups in total. The van der Waals surface area contributed by atoms with Gasteiger partial charge in [0.05, 0.1) is 6.20 Å². The third-order valence-corrected chi connectivity index (χ3v) is 4.75. The number of piperazine rings is 1. The van der Waals surface area contributed by atoms with E-state index >= 15 is 0 Å². The summed E-state index contributed by atoms with van der Waals surface area (Å²) in [6.07, 6.45) is 1.72. The number of likely N-dealkylation sites (N-methyl/N-ethyl adjacent to an activating group) is 1. The fraction of sp³-hybridized carbons (Fsp3) is 0.412. The molecule has 1 aliphatic rings. The molecule has 1 aliphatic heterocycles. The van der Waals surface area contributed by atoms with Crippen LogP contribution < -0.4 is 21.1 Å². The normalized spacial score (nSPS) is 15.2. The van der Waals surface area contributed by atoms with E-state index in [1.165, 1.54) is 0 Å². The van der Waals surface area contributed by atoms with Gasteiger partial charge in [-0.05, 0) is 24.7 Å². The molecule has 0 atom stereocenters. The predicted octanol–water partition coefficient (Wildman–Crippen LogP) is 1.33. The van der Waals surface area contributed by atoms with Crippen molar-refractivity contribution in [1.29, 1.82) is 0 Å². The number of benzene rings is 1. The summed E-state index contributed by atoms with van der Waals surface area (Å²) in [5.74, 6) is 1.15. The highest BCUT2D eigenvalue weighted by atomic mass is 32.2. The number of hydrogen-bond acceptors (Lipinski definition) is 9. The Hall–Kier alpha value is -2.07. The molecule has 1 aromatic carbocycles. The van der Waals surface area contributed by atoms with Crippen LogP contribution in [0.1, 0.15) is 5.56 Å². The molecule has 2 aromatic rings. The van der Waals surface area contributed by atoms with Crippen molar-refractivity contribution in [1.82, 2.24) is 14.9 Å². The van der Waals surface area contributed by atoms with E-state index in [4.69, 9.17) is 20.4 Å². The molecule has 140 valence electrons. The van der Waals surface area contributed by atoms with Crippen molar-refractivity contribution in [2.24, 2.45) is 5.73 Å². The minimum Gasteiger partial charge on any atom is -0.472 e. The zero-order chi connectivity index (χ0) is 18.4. The first kappa shape index (κ1) is 18.7. The first-order chi connectivity index (χ1) is 12.7. The molecular weight excluding hydrogens is 352 g/mol. The number of nitrogens with two attached hydrogens (primary N) is 2. The van der Waals surface area contributed by atoms with Crippen LogP contribution in [0.3, 0.4) is 0 Å². The van der Waals surface area contributed by atoms with Crippen molar-refractivity contribution in [2.45, 2.75) is 11.5 Å². The summed E-state index contributed by atoms with van der Waals surface area (Å²) in [5.41, 5.74) is 12.9. The van der Waals surface area contributed by atoms with E-state index < -0.39 is 0 Å². The minimum atomic E-state index is 0.0968. The summed E-state index contributed by atoms with van der Waals surface area (Å²) < 4.78 is 11.2. The zero-order valence-electron chi connectivity index (χ0n) is 14.8. The molecular formula is C17H24N6O2S. The molecule has 0 spiro atoms. The fourth-order valence-corrected chi connectivity index (χ4v) is 3.06. The van der Waals surface area contributed by atoms with Crippen molar-refractivity contribution in [3.63, 3.8) is 0 Å². The van der Waals surface area contributed by atoms with Crippen LogP contribution in [-0.2, 0) is 10.8 Å². The van der Waals surface area contributed by atoms with E-state index in [1.54, 1.807) is 6.20 Å². The van der Waals surface area contributed by atoms with E-state index in [0.29, 0.717) is 29.0 Å². The Kier molecular flexibility index (Phi) is 6.51. The second kappa shape index (κ2) is 9.04. The SMILES string of the molecule is CN1CCN(c2ncc(SOCN)c(OCc3cccc(N)c3)n2)CC1. The third-order valence-electron chi connectivity index (χ3n) is 4.04. The largest absolute Gasteiger partial charge is 0.472 e. The number of rotatable bonds is 7. The monoisotopic (exact) mass is 376 g/mol. The van der Waals surface area contributed by atoms with Gasteiger partial charge in [-0.2, -0.15) is 4.98 Å². The van der Waals surface area contributed by atoms with Gasteiger partial charge in [0, 0.05) is 43.9 Å². The summed E-state index contributed by atoms with van der Waals surface area (Å²) in [6, 6.07) is 7.58. The van der Waals surface area contributed by atoms with E-state index in [1.807, 2.05) is 24.3 Å². The van der Waals surface area contributed by atoms with Gasteiger partial charge >= 0.3 is 0 Å². The van der Waals surface area contributed by atoms with Gasteiger partial charge in [-0.15, -0.1) is 0 Å². The van der Waals surface area contributed by atoms with Crippen molar-refractivity contribution in [2.75, 3.05) is 50.6 Å². The van der Waals surface area contributed by atoms with Gasteiger partial charge in [-0.1, -0.05) is 12.1 Å². The second-order valence-corrected chi connectivity index (χ2v) is 6.87. The van der Waals surface area contributed by atoms with Gasteiger partial charge in [0.1, 0.15) is 18.2 Å². The Morgan fingerprint density at radius 2 is 2.04 bits per heavy atom. The number of nitrogens with zero attached hydrogens (tertiary/aromatic N) is 4. The van der Waals surface area contributed by atoms with E-state index in [-0.39, 0.29) is 6.73 Å². The maximum absolute atomic E-state index is 5.94. The molecule has 8 nitrogen and oxygen atoms in total. The van der Waals surface area contributed by atoms with Crippen LogP contribution in [0.2, 0.25) is 0 Å². The smallest absolute Gasteiger partial charge is 0.234 e. The van der Waals surface area contributed by atoms with Crippen LogP contribution in [0.25, 0.3) is 0 Å². The van der Waals surface area contributed by atoms with Crippen LogP contribution in [0, 0.1) is 0 Å². The van der Waals surface area contributed by atoms with Crippen molar-refractivity contribution in [3.8, 4) is 5.88 Å². The first-order valence-corrected chi connectivity index (χ1v) is 9.17. The topological polar surface area (TPSA) is 103 Å². The standard InChI is InChI=1S/C17H24N6O2S/c1-22-5-7-23(8-6-22)17-20-10-15(26-25-12-18)16(21-17)24-11-13-3-2-4-14(19)9-13/h2-4,9-10H,5-8,11-12,18-19H2,1H3. The molecule has 1 aromatic heterocycles. The Balaban J connectivity index is 1.76. The van der Waals surface area contributed by atoms with E-state index in [0.717, 1.165) is 43.8 Å². The average Bonchev–Trinajstić information content (AvgIpc) is 2.66. The lowest BCUT2D eigenvalue weighted by Crippen LogP contribution is -2.45. The molecule has 0 saturated carbocycles. The summed E-state index contributed by atoms with van der Waals surface area (Å²) in [5, 5.41) is 0. The average molecular weight is 376 g/mol. The lowest BCUT2D eigenvalue weighted by Gasteiger charge is -2.32. The molecule has 9 heteroatoms. The quantitative estimate of drug-likeness (QED) is 0.421.